The number of hydrogen-bond donors (Lipinski definition) is 1. The summed E-state index contributed by atoms with van der Waals surface area (Å²) in [4.78, 5) is 28.8. The van der Waals surface area contributed by atoms with Gasteiger partial charge in [0, 0.05) is 19.5 Å². The number of carbonyl (C=O) groups is 2. The van der Waals surface area contributed by atoms with Crippen molar-refractivity contribution >= 4 is 11.8 Å². The molecule has 0 unspecified atom stereocenters. The monoisotopic (exact) mass is 478 g/mol. The summed E-state index contributed by atoms with van der Waals surface area (Å²) in [6.45, 7) is 0.529. The highest BCUT2D eigenvalue weighted by Gasteiger charge is 2.30. The molecular weight excluding hydrogens is 448 g/mol. The van der Waals surface area contributed by atoms with Crippen LogP contribution in [0.4, 0.5) is 0 Å². The normalized spacial score (nSPS) is 11.3. The lowest BCUT2D eigenvalue weighted by atomic mass is 10.0. The molecule has 4 aromatic rings. The molecule has 0 saturated carbocycles. The lowest BCUT2D eigenvalue weighted by molar-refractivity contribution is -0.142. The molecule has 0 aliphatic rings. The highest BCUT2D eigenvalue weighted by molar-refractivity contribution is 5.88. The zero-order valence-electron chi connectivity index (χ0n) is 20.1. The molecule has 2 amide bonds. The van der Waals surface area contributed by atoms with Crippen LogP contribution in [0.15, 0.2) is 121 Å². The first-order valence-corrected chi connectivity index (χ1v) is 12.1. The molecule has 36 heavy (non-hydrogen) atoms. The average Bonchev–Trinajstić information content (AvgIpc) is 2.94. The molecule has 4 rings (SSSR count). The Morgan fingerprint density at radius 1 is 0.667 bits per heavy atom. The molecule has 0 aliphatic heterocycles. The van der Waals surface area contributed by atoms with Gasteiger partial charge in [0.25, 0.3) is 5.91 Å². The third-order valence-corrected chi connectivity index (χ3v) is 5.88. The van der Waals surface area contributed by atoms with Gasteiger partial charge in [-0.1, -0.05) is 109 Å². The number of benzene rings is 4. The van der Waals surface area contributed by atoms with Crippen LogP contribution < -0.4 is 10.1 Å². The van der Waals surface area contributed by atoms with Crippen LogP contribution in [0.5, 0.6) is 5.75 Å². The third kappa shape index (κ3) is 7.31. The van der Waals surface area contributed by atoms with E-state index in [-0.39, 0.29) is 18.4 Å². The van der Waals surface area contributed by atoms with E-state index in [1.807, 2.05) is 121 Å². The first-order valence-electron chi connectivity index (χ1n) is 12.1. The lowest BCUT2D eigenvalue weighted by Crippen LogP contribution is -2.51. The van der Waals surface area contributed by atoms with Crippen molar-refractivity contribution in [2.75, 3.05) is 6.61 Å². The first-order chi connectivity index (χ1) is 17.7. The molecule has 1 N–H and O–H groups in total. The molecule has 1 atom stereocenters. The second-order valence-electron chi connectivity index (χ2n) is 8.52. The number of para-hydroxylation sites is 1. The van der Waals surface area contributed by atoms with Crippen molar-refractivity contribution in [1.82, 2.24) is 10.2 Å². The summed E-state index contributed by atoms with van der Waals surface area (Å²) in [5.41, 5.74) is 2.92. The van der Waals surface area contributed by atoms with E-state index in [0.717, 1.165) is 16.7 Å². The second kappa shape index (κ2) is 12.9. The average molecular weight is 479 g/mol. The fourth-order valence-electron chi connectivity index (χ4n) is 3.98. The van der Waals surface area contributed by atoms with Gasteiger partial charge in [-0.25, -0.2) is 0 Å². The zero-order chi connectivity index (χ0) is 25.0. The predicted octanol–water partition coefficient (Wildman–Crippen LogP) is 5.02. The largest absolute Gasteiger partial charge is 0.484 e. The summed E-state index contributed by atoms with van der Waals surface area (Å²) in [6.07, 6.45) is 0.394. The van der Waals surface area contributed by atoms with Crippen molar-refractivity contribution in [3.8, 4) is 5.75 Å². The SMILES string of the molecule is O=C(NCc1ccccc1)[C@@H](Cc1ccccc1)N(Cc1ccccc1)C(=O)COc1ccccc1. The number of ether oxygens (including phenoxy) is 1. The van der Waals surface area contributed by atoms with Gasteiger partial charge in [-0.15, -0.1) is 0 Å². The van der Waals surface area contributed by atoms with Crippen molar-refractivity contribution in [3.05, 3.63) is 138 Å². The number of nitrogens with zero attached hydrogens (tertiary/aromatic N) is 1. The van der Waals surface area contributed by atoms with Gasteiger partial charge in [-0.05, 0) is 28.8 Å². The molecule has 5 heteroatoms. The van der Waals surface area contributed by atoms with Crippen LogP contribution in [0.1, 0.15) is 16.7 Å². The van der Waals surface area contributed by atoms with Gasteiger partial charge >= 0.3 is 0 Å². The summed E-state index contributed by atoms with van der Waals surface area (Å²) in [5, 5.41) is 3.04. The number of rotatable bonds is 11. The number of carbonyl (C=O) groups excluding carboxylic acids is 2. The minimum atomic E-state index is -0.705. The number of amides is 2. The molecule has 182 valence electrons. The summed E-state index contributed by atoms with van der Waals surface area (Å²) < 4.78 is 5.77. The Hall–Kier alpha value is -4.38. The van der Waals surface area contributed by atoms with E-state index in [4.69, 9.17) is 4.74 Å². The predicted molar refractivity (Wildman–Crippen MR) is 141 cm³/mol. The Bertz CT molecular complexity index is 1120. The van der Waals surface area contributed by atoms with Crippen LogP contribution in [0, 0.1) is 0 Å². The van der Waals surface area contributed by atoms with Crippen molar-refractivity contribution < 1.29 is 14.3 Å². The molecular formula is C31H30N2O3. The van der Waals surface area contributed by atoms with Crippen LogP contribution in [0.3, 0.4) is 0 Å². The van der Waals surface area contributed by atoms with Gasteiger partial charge < -0.3 is 15.0 Å². The van der Waals surface area contributed by atoms with Gasteiger partial charge in [0.05, 0.1) is 0 Å². The molecule has 0 bridgehead atoms. The molecule has 5 nitrogen and oxygen atoms in total. The number of nitrogens with one attached hydrogen (secondary N) is 1. The molecule has 0 spiro atoms. The van der Waals surface area contributed by atoms with Crippen molar-refractivity contribution in [2.45, 2.75) is 25.6 Å². The van der Waals surface area contributed by atoms with E-state index in [0.29, 0.717) is 25.3 Å². The minimum Gasteiger partial charge on any atom is -0.484 e. The maximum absolute atomic E-state index is 13.6. The van der Waals surface area contributed by atoms with Crippen LogP contribution in [0.25, 0.3) is 0 Å². The van der Waals surface area contributed by atoms with Gasteiger partial charge in [0.15, 0.2) is 6.61 Å². The minimum absolute atomic E-state index is 0.159. The lowest BCUT2D eigenvalue weighted by Gasteiger charge is -2.31. The fraction of sp³-hybridized carbons (Fsp3) is 0.161. The van der Waals surface area contributed by atoms with Crippen molar-refractivity contribution in [2.24, 2.45) is 0 Å². The zero-order valence-corrected chi connectivity index (χ0v) is 20.1. The Balaban J connectivity index is 1.59. The molecule has 0 saturated heterocycles. The summed E-state index contributed by atoms with van der Waals surface area (Å²) in [6, 6.07) is 37.8. The van der Waals surface area contributed by atoms with Gasteiger partial charge in [-0.3, -0.25) is 9.59 Å². The van der Waals surface area contributed by atoms with E-state index in [1.54, 1.807) is 4.90 Å². The van der Waals surface area contributed by atoms with E-state index in [1.165, 1.54) is 0 Å². The van der Waals surface area contributed by atoms with E-state index >= 15 is 0 Å². The van der Waals surface area contributed by atoms with Gasteiger partial charge in [0.1, 0.15) is 11.8 Å². The highest BCUT2D eigenvalue weighted by atomic mass is 16.5. The molecule has 4 aromatic carbocycles. The molecule has 0 fully saturated rings. The molecule has 0 heterocycles. The van der Waals surface area contributed by atoms with Crippen molar-refractivity contribution in [3.63, 3.8) is 0 Å². The molecule has 0 aliphatic carbocycles. The third-order valence-electron chi connectivity index (χ3n) is 5.88. The topological polar surface area (TPSA) is 58.6 Å². The highest BCUT2D eigenvalue weighted by Crippen LogP contribution is 2.16. The van der Waals surface area contributed by atoms with Crippen LogP contribution in [-0.2, 0) is 29.1 Å². The van der Waals surface area contributed by atoms with E-state index < -0.39 is 6.04 Å². The van der Waals surface area contributed by atoms with E-state index in [9.17, 15) is 9.59 Å². The quantitative estimate of drug-likeness (QED) is 0.329. The fourth-order valence-corrected chi connectivity index (χ4v) is 3.98. The Morgan fingerprint density at radius 3 is 1.75 bits per heavy atom. The van der Waals surface area contributed by atoms with E-state index in [2.05, 4.69) is 5.32 Å². The standard InChI is InChI=1S/C31H30N2O3/c34-30(24-36-28-19-11-4-12-20-28)33(23-27-17-9-3-10-18-27)29(21-25-13-5-1-6-14-25)31(35)32-22-26-15-7-2-8-16-26/h1-20,29H,21-24H2,(H,32,35)/t29-/m1/s1. The summed E-state index contributed by atoms with van der Waals surface area (Å²) in [7, 11) is 0. The van der Waals surface area contributed by atoms with Gasteiger partial charge in [0.2, 0.25) is 5.91 Å². The molecule has 0 radical (unpaired) electrons. The smallest absolute Gasteiger partial charge is 0.261 e. The Labute approximate surface area is 212 Å². The van der Waals surface area contributed by atoms with Crippen LogP contribution in [0.2, 0.25) is 0 Å². The maximum Gasteiger partial charge on any atom is 0.261 e. The van der Waals surface area contributed by atoms with Crippen LogP contribution >= 0.6 is 0 Å². The Morgan fingerprint density at radius 2 is 1.17 bits per heavy atom. The van der Waals surface area contributed by atoms with Gasteiger partial charge in [-0.2, -0.15) is 0 Å². The van der Waals surface area contributed by atoms with Crippen LogP contribution in [-0.4, -0.2) is 29.4 Å². The summed E-state index contributed by atoms with van der Waals surface area (Å²) >= 11 is 0. The number of hydrogen-bond acceptors (Lipinski definition) is 3. The van der Waals surface area contributed by atoms with Crippen molar-refractivity contribution in [1.29, 1.82) is 0 Å². The molecule has 0 aromatic heterocycles. The Kier molecular flexibility index (Phi) is 8.87. The first kappa shape index (κ1) is 24.7. The maximum atomic E-state index is 13.6. The second-order valence-corrected chi connectivity index (χ2v) is 8.52. The summed E-state index contributed by atoms with van der Waals surface area (Å²) in [5.74, 6) is 0.156.